The summed E-state index contributed by atoms with van der Waals surface area (Å²) in [6, 6.07) is 1.55. The fraction of sp³-hybridized carbons (Fsp3) is 0.867. The van der Waals surface area contributed by atoms with Crippen molar-refractivity contribution in [3.05, 3.63) is 12.2 Å². The van der Waals surface area contributed by atoms with Crippen molar-refractivity contribution in [3.8, 4) is 0 Å². The van der Waals surface area contributed by atoms with Crippen LogP contribution in [0, 0.1) is 0 Å². The lowest BCUT2D eigenvalue weighted by Gasteiger charge is -2.28. The minimum Gasteiger partial charge on any atom is -0.312 e. The minimum absolute atomic E-state index is 0.749. The molecular formula is C15H29N. The van der Waals surface area contributed by atoms with E-state index < -0.39 is 0 Å². The van der Waals surface area contributed by atoms with Crippen molar-refractivity contribution in [1.29, 1.82) is 0 Å². The van der Waals surface area contributed by atoms with Gasteiger partial charge in [-0.2, -0.15) is 0 Å². The lowest BCUT2D eigenvalue weighted by molar-refractivity contribution is 0.318. The molecule has 1 aliphatic heterocycles. The third kappa shape index (κ3) is 6.32. The molecule has 0 aliphatic carbocycles. The van der Waals surface area contributed by atoms with Gasteiger partial charge in [0, 0.05) is 12.1 Å². The Morgan fingerprint density at radius 2 is 1.88 bits per heavy atom. The average Bonchev–Trinajstić information content (AvgIpc) is 2.28. The predicted molar refractivity (Wildman–Crippen MR) is 72.8 cm³/mol. The molecule has 1 heteroatoms. The van der Waals surface area contributed by atoms with E-state index in [1.165, 1.54) is 57.8 Å². The zero-order valence-electron chi connectivity index (χ0n) is 11.2. The van der Waals surface area contributed by atoms with E-state index in [0.717, 1.165) is 12.1 Å². The Morgan fingerprint density at radius 1 is 1.12 bits per heavy atom. The molecule has 1 nitrogen and oxygen atoms in total. The van der Waals surface area contributed by atoms with Crippen LogP contribution in [0.4, 0.5) is 0 Å². The van der Waals surface area contributed by atoms with Crippen LogP contribution in [-0.2, 0) is 0 Å². The summed E-state index contributed by atoms with van der Waals surface area (Å²) in [6.07, 6.45) is 16.8. The number of nitrogens with one attached hydrogen (secondary N) is 1. The van der Waals surface area contributed by atoms with Gasteiger partial charge in [-0.05, 0) is 45.4 Å². The van der Waals surface area contributed by atoms with Crippen molar-refractivity contribution in [3.63, 3.8) is 0 Å². The van der Waals surface area contributed by atoms with Crippen LogP contribution in [0.15, 0.2) is 12.2 Å². The fourth-order valence-electron chi connectivity index (χ4n) is 2.51. The van der Waals surface area contributed by atoms with E-state index in [-0.39, 0.29) is 0 Å². The van der Waals surface area contributed by atoms with Crippen LogP contribution in [0.3, 0.4) is 0 Å². The van der Waals surface area contributed by atoms with Crippen molar-refractivity contribution >= 4 is 0 Å². The molecule has 0 aromatic carbocycles. The highest BCUT2D eigenvalue weighted by Crippen LogP contribution is 2.16. The molecule has 0 bridgehead atoms. The van der Waals surface area contributed by atoms with Crippen molar-refractivity contribution in [2.24, 2.45) is 0 Å². The maximum atomic E-state index is 3.70. The largest absolute Gasteiger partial charge is 0.312 e. The van der Waals surface area contributed by atoms with E-state index in [1.807, 2.05) is 0 Å². The third-order valence-electron chi connectivity index (χ3n) is 3.52. The van der Waals surface area contributed by atoms with Crippen molar-refractivity contribution in [2.75, 3.05) is 0 Å². The SMILES string of the molecule is CCCC/C=C\CCC[C@@H]1CCC[C@@H](C)N1. The Labute approximate surface area is 102 Å². The molecule has 2 atom stereocenters. The number of hydrogen-bond acceptors (Lipinski definition) is 1. The van der Waals surface area contributed by atoms with Gasteiger partial charge in [0.05, 0.1) is 0 Å². The number of hydrogen-bond donors (Lipinski definition) is 1. The minimum atomic E-state index is 0.749. The fourth-order valence-corrected chi connectivity index (χ4v) is 2.51. The van der Waals surface area contributed by atoms with Gasteiger partial charge < -0.3 is 5.32 Å². The molecule has 1 rings (SSSR count). The zero-order chi connectivity index (χ0) is 11.6. The second kappa shape index (κ2) is 8.81. The molecule has 1 aliphatic rings. The number of rotatable bonds is 7. The van der Waals surface area contributed by atoms with Crippen LogP contribution in [0.2, 0.25) is 0 Å². The van der Waals surface area contributed by atoms with Gasteiger partial charge in [0.15, 0.2) is 0 Å². The van der Waals surface area contributed by atoms with Crippen LogP contribution < -0.4 is 5.32 Å². The van der Waals surface area contributed by atoms with Crippen molar-refractivity contribution < 1.29 is 0 Å². The Balaban J connectivity index is 1.96. The third-order valence-corrected chi connectivity index (χ3v) is 3.52. The summed E-state index contributed by atoms with van der Waals surface area (Å²) in [6.45, 7) is 4.57. The van der Waals surface area contributed by atoms with Crippen molar-refractivity contribution in [2.45, 2.75) is 83.7 Å². The molecule has 0 aromatic heterocycles. The summed E-state index contributed by atoms with van der Waals surface area (Å²) in [5, 5.41) is 3.70. The van der Waals surface area contributed by atoms with E-state index in [9.17, 15) is 0 Å². The molecule has 0 aromatic rings. The van der Waals surface area contributed by atoms with E-state index >= 15 is 0 Å². The van der Waals surface area contributed by atoms with E-state index in [4.69, 9.17) is 0 Å². The summed E-state index contributed by atoms with van der Waals surface area (Å²) < 4.78 is 0. The Hall–Kier alpha value is -0.300. The van der Waals surface area contributed by atoms with Gasteiger partial charge in [0.2, 0.25) is 0 Å². The van der Waals surface area contributed by atoms with Gasteiger partial charge in [-0.3, -0.25) is 0 Å². The van der Waals surface area contributed by atoms with Gasteiger partial charge in [0.1, 0.15) is 0 Å². The molecule has 0 radical (unpaired) electrons. The Morgan fingerprint density at radius 3 is 2.56 bits per heavy atom. The predicted octanol–water partition coefficient (Wildman–Crippen LogP) is 4.43. The standard InChI is InChI=1S/C15H29N/c1-3-4-5-6-7-8-9-12-15-13-10-11-14(2)16-15/h6-7,14-16H,3-5,8-13H2,1-2H3/b7-6-/t14-,15-/m1/s1. The first-order valence-corrected chi connectivity index (χ1v) is 7.24. The first-order chi connectivity index (χ1) is 7.83. The highest BCUT2D eigenvalue weighted by atomic mass is 15.0. The van der Waals surface area contributed by atoms with Crippen LogP contribution in [0.5, 0.6) is 0 Å². The van der Waals surface area contributed by atoms with Crippen LogP contribution >= 0.6 is 0 Å². The summed E-state index contributed by atoms with van der Waals surface area (Å²) in [5.74, 6) is 0. The maximum absolute atomic E-state index is 3.70. The van der Waals surface area contributed by atoms with E-state index in [1.54, 1.807) is 0 Å². The monoisotopic (exact) mass is 223 g/mol. The smallest absolute Gasteiger partial charge is 0.00696 e. The Bertz CT molecular complexity index is 186. The second-order valence-electron chi connectivity index (χ2n) is 5.24. The first-order valence-electron chi connectivity index (χ1n) is 7.24. The topological polar surface area (TPSA) is 12.0 Å². The number of unbranched alkanes of at least 4 members (excludes halogenated alkanes) is 3. The molecule has 1 heterocycles. The summed E-state index contributed by atoms with van der Waals surface area (Å²) in [4.78, 5) is 0. The van der Waals surface area contributed by atoms with Crippen LogP contribution in [0.25, 0.3) is 0 Å². The molecule has 94 valence electrons. The number of allylic oxidation sites excluding steroid dienone is 2. The highest BCUT2D eigenvalue weighted by molar-refractivity contribution is 4.83. The van der Waals surface area contributed by atoms with Crippen LogP contribution in [0.1, 0.15) is 71.6 Å². The maximum Gasteiger partial charge on any atom is 0.00696 e. The molecule has 16 heavy (non-hydrogen) atoms. The molecule has 0 spiro atoms. The van der Waals surface area contributed by atoms with Gasteiger partial charge in [-0.25, -0.2) is 0 Å². The quantitative estimate of drug-likeness (QED) is 0.497. The summed E-state index contributed by atoms with van der Waals surface area (Å²) in [7, 11) is 0. The molecule has 1 N–H and O–H groups in total. The summed E-state index contributed by atoms with van der Waals surface area (Å²) in [5.41, 5.74) is 0. The summed E-state index contributed by atoms with van der Waals surface area (Å²) >= 11 is 0. The van der Waals surface area contributed by atoms with Crippen LogP contribution in [-0.4, -0.2) is 12.1 Å². The lowest BCUT2D eigenvalue weighted by Crippen LogP contribution is -2.40. The second-order valence-corrected chi connectivity index (χ2v) is 5.24. The number of piperidine rings is 1. The lowest BCUT2D eigenvalue weighted by atomic mass is 9.96. The molecule has 0 amide bonds. The first kappa shape index (κ1) is 13.8. The van der Waals surface area contributed by atoms with E-state index in [0.29, 0.717) is 0 Å². The van der Waals surface area contributed by atoms with E-state index in [2.05, 4.69) is 31.3 Å². The van der Waals surface area contributed by atoms with Gasteiger partial charge in [-0.15, -0.1) is 0 Å². The highest BCUT2D eigenvalue weighted by Gasteiger charge is 2.16. The normalized spacial score (nSPS) is 26.4. The Kier molecular flexibility index (Phi) is 7.58. The molecule has 0 saturated carbocycles. The van der Waals surface area contributed by atoms with Gasteiger partial charge >= 0.3 is 0 Å². The molecular weight excluding hydrogens is 194 g/mol. The average molecular weight is 223 g/mol. The zero-order valence-corrected chi connectivity index (χ0v) is 11.2. The molecule has 1 fully saturated rings. The molecule has 0 unspecified atom stereocenters. The van der Waals surface area contributed by atoms with Gasteiger partial charge in [-0.1, -0.05) is 38.3 Å². The molecule has 1 saturated heterocycles. The van der Waals surface area contributed by atoms with Crippen molar-refractivity contribution in [1.82, 2.24) is 5.32 Å². The van der Waals surface area contributed by atoms with Gasteiger partial charge in [0.25, 0.3) is 0 Å².